The van der Waals surface area contributed by atoms with Gasteiger partial charge in [0.25, 0.3) is 0 Å². The molecule has 0 amide bonds. The maximum Gasteiger partial charge on any atom is 0.167 e. The van der Waals surface area contributed by atoms with E-state index in [-0.39, 0.29) is 5.78 Å². The average Bonchev–Trinajstić information content (AvgIpc) is 2.42. The van der Waals surface area contributed by atoms with Gasteiger partial charge in [-0.1, -0.05) is 59.6 Å². The van der Waals surface area contributed by atoms with E-state index in [2.05, 4.69) is 0 Å². The molecular formula is C16H10Cl2O. The first-order valence-electron chi connectivity index (χ1n) is 5.95. The molecule has 94 valence electrons. The number of rotatable bonds is 1. The largest absolute Gasteiger partial charge is 0.294 e. The maximum absolute atomic E-state index is 12.2. The zero-order chi connectivity index (χ0) is 13.4. The molecule has 0 saturated heterocycles. The van der Waals surface area contributed by atoms with Crippen molar-refractivity contribution in [3.8, 4) is 0 Å². The number of ketones is 1. The molecule has 0 atom stereocenters. The standard InChI is InChI=1S/C16H10Cl2O/c17-13-7-5-11(9-14(13)18)16-12-4-2-1-3-10(12)6-8-15(16)19/h1-7,9H,8H2. The second-order valence-corrected chi connectivity index (χ2v) is 5.24. The molecule has 1 nitrogen and oxygen atoms in total. The maximum atomic E-state index is 12.2. The lowest BCUT2D eigenvalue weighted by atomic mass is 9.92. The van der Waals surface area contributed by atoms with Crippen LogP contribution in [-0.4, -0.2) is 5.78 Å². The van der Waals surface area contributed by atoms with Crippen LogP contribution in [0.1, 0.15) is 12.0 Å². The van der Waals surface area contributed by atoms with Crippen LogP contribution in [-0.2, 0) is 4.79 Å². The molecule has 0 bridgehead atoms. The predicted octanol–water partition coefficient (Wildman–Crippen LogP) is 2.95. The van der Waals surface area contributed by atoms with E-state index >= 15 is 0 Å². The molecule has 0 N–H and O–H groups in total. The minimum atomic E-state index is 0.108. The van der Waals surface area contributed by atoms with Crippen molar-refractivity contribution >= 4 is 40.6 Å². The van der Waals surface area contributed by atoms with Gasteiger partial charge in [-0.05, 0) is 28.1 Å². The van der Waals surface area contributed by atoms with E-state index in [1.165, 1.54) is 0 Å². The van der Waals surface area contributed by atoms with Crippen molar-refractivity contribution in [1.29, 1.82) is 0 Å². The molecule has 3 rings (SSSR count). The van der Waals surface area contributed by atoms with Gasteiger partial charge in [0.1, 0.15) is 0 Å². The fourth-order valence-electron chi connectivity index (χ4n) is 2.33. The quantitative estimate of drug-likeness (QED) is 0.789. The molecule has 19 heavy (non-hydrogen) atoms. The van der Waals surface area contributed by atoms with Crippen molar-refractivity contribution in [3.63, 3.8) is 0 Å². The summed E-state index contributed by atoms with van der Waals surface area (Å²) in [7, 11) is 0. The Bertz CT molecular complexity index is 791. The van der Waals surface area contributed by atoms with Crippen molar-refractivity contribution in [1.82, 2.24) is 0 Å². The second-order valence-electron chi connectivity index (χ2n) is 4.42. The first kappa shape index (κ1) is 12.5. The summed E-state index contributed by atoms with van der Waals surface area (Å²) >= 11 is 12.0. The normalized spacial score (nSPS) is 14.0. The van der Waals surface area contributed by atoms with E-state index in [1.807, 2.05) is 36.4 Å². The lowest BCUT2D eigenvalue weighted by Gasteiger charge is -2.11. The van der Waals surface area contributed by atoms with Gasteiger partial charge in [0.05, 0.1) is 10.0 Å². The van der Waals surface area contributed by atoms with E-state index in [9.17, 15) is 4.79 Å². The number of carbonyl (C=O) groups excluding carboxylic acids is 1. The van der Waals surface area contributed by atoms with Gasteiger partial charge in [0, 0.05) is 12.0 Å². The van der Waals surface area contributed by atoms with Gasteiger partial charge in [-0.25, -0.2) is 0 Å². The molecule has 0 saturated carbocycles. The van der Waals surface area contributed by atoms with Crippen molar-refractivity contribution < 1.29 is 4.79 Å². The predicted molar refractivity (Wildman–Crippen MR) is 78.8 cm³/mol. The second kappa shape index (κ2) is 4.84. The number of Topliss-reactive ketones (excluding diaryl/α,β-unsaturated/α-hetero) is 1. The number of carbonyl (C=O) groups is 1. The molecular weight excluding hydrogens is 279 g/mol. The Morgan fingerprint density at radius 1 is 0.947 bits per heavy atom. The SMILES string of the molecule is O=C1CC=c2ccccc2=C1c1ccc(Cl)c(Cl)c1. The molecule has 0 fully saturated rings. The van der Waals surface area contributed by atoms with Crippen molar-refractivity contribution in [2.75, 3.05) is 0 Å². The van der Waals surface area contributed by atoms with Gasteiger partial charge in [0.2, 0.25) is 0 Å². The van der Waals surface area contributed by atoms with Crippen LogP contribution in [0, 0.1) is 0 Å². The molecule has 0 spiro atoms. The topological polar surface area (TPSA) is 17.1 Å². The summed E-state index contributed by atoms with van der Waals surface area (Å²) in [5.74, 6) is 0.108. The summed E-state index contributed by atoms with van der Waals surface area (Å²) in [6, 6.07) is 13.2. The average molecular weight is 289 g/mol. The summed E-state index contributed by atoms with van der Waals surface area (Å²) < 4.78 is 0. The van der Waals surface area contributed by atoms with Crippen molar-refractivity contribution in [3.05, 3.63) is 68.5 Å². The molecule has 1 aliphatic carbocycles. The van der Waals surface area contributed by atoms with E-state index in [0.29, 0.717) is 16.5 Å². The summed E-state index contributed by atoms with van der Waals surface area (Å²) in [4.78, 5) is 12.2. The van der Waals surface area contributed by atoms with Crippen LogP contribution >= 0.6 is 23.2 Å². The Balaban J connectivity index is 2.36. The minimum absolute atomic E-state index is 0.108. The number of fused-ring (bicyclic) bond motifs is 1. The smallest absolute Gasteiger partial charge is 0.167 e. The Kier molecular flexibility index (Phi) is 3.17. The van der Waals surface area contributed by atoms with E-state index in [1.54, 1.807) is 12.1 Å². The molecule has 1 aliphatic rings. The molecule has 0 heterocycles. The van der Waals surface area contributed by atoms with Crippen LogP contribution in [0.15, 0.2) is 42.5 Å². The van der Waals surface area contributed by atoms with E-state index < -0.39 is 0 Å². The summed E-state index contributed by atoms with van der Waals surface area (Å²) in [5.41, 5.74) is 1.54. The Morgan fingerprint density at radius 2 is 1.74 bits per heavy atom. The van der Waals surface area contributed by atoms with Crippen LogP contribution in [0.3, 0.4) is 0 Å². The van der Waals surface area contributed by atoms with Crippen LogP contribution in [0.25, 0.3) is 11.6 Å². The minimum Gasteiger partial charge on any atom is -0.294 e. The highest BCUT2D eigenvalue weighted by Gasteiger charge is 2.16. The van der Waals surface area contributed by atoms with E-state index in [0.717, 1.165) is 21.6 Å². The Labute approximate surface area is 120 Å². The van der Waals surface area contributed by atoms with Gasteiger partial charge in [-0.15, -0.1) is 0 Å². The zero-order valence-electron chi connectivity index (χ0n) is 9.99. The van der Waals surface area contributed by atoms with Crippen LogP contribution in [0.4, 0.5) is 0 Å². The van der Waals surface area contributed by atoms with Crippen molar-refractivity contribution in [2.45, 2.75) is 6.42 Å². The summed E-state index contributed by atoms with van der Waals surface area (Å²) in [6.07, 6.45) is 2.38. The van der Waals surface area contributed by atoms with Gasteiger partial charge < -0.3 is 0 Å². The highest BCUT2D eigenvalue weighted by Crippen LogP contribution is 2.26. The highest BCUT2D eigenvalue weighted by molar-refractivity contribution is 6.42. The van der Waals surface area contributed by atoms with Gasteiger partial charge in [-0.2, -0.15) is 0 Å². The molecule has 0 unspecified atom stereocenters. The van der Waals surface area contributed by atoms with Gasteiger partial charge >= 0.3 is 0 Å². The number of benzene rings is 2. The van der Waals surface area contributed by atoms with Crippen molar-refractivity contribution in [2.24, 2.45) is 0 Å². The highest BCUT2D eigenvalue weighted by atomic mass is 35.5. The van der Waals surface area contributed by atoms with Crippen LogP contribution in [0.5, 0.6) is 0 Å². The first-order valence-corrected chi connectivity index (χ1v) is 6.70. The lowest BCUT2D eigenvalue weighted by Crippen LogP contribution is -2.33. The van der Waals surface area contributed by atoms with Crippen LogP contribution in [0.2, 0.25) is 10.0 Å². The Morgan fingerprint density at radius 3 is 2.53 bits per heavy atom. The summed E-state index contributed by atoms with van der Waals surface area (Å²) in [5, 5.41) is 3.00. The monoisotopic (exact) mass is 288 g/mol. The molecule has 0 aromatic heterocycles. The Hall–Kier alpha value is -1.57. The van der Waals surface area contributed by atoms with Crippen LogP contribution < -0.4 is 10.4 Å². The van der Waals surface area contributed by atoms with E-state index in [4.69, 9.17) is 23.2 Å². The molecule has 2 aromatic rings. The third-order valence-corrected chi connectivity index (χ3v) is 3.96. The van der Waals surface area contributed by atoms with Gasteiger partial charge in [0.15, 0.2) is 5.78 Å². The summed E-state index contributed by atoms with van der Waals surface area (Å²) in [6.45, 7) is 0. The molecule has 0 radical (unpaired) electrons. The molecule has 0 aliphatic heterocycles. The number of hydrogen-bond acceptors (Lipinski definition) is 1. The lowest BCUT2D eigenvalue weighted by molar-refractivity contribution is -0.112. The fourth-order valence-corrected chi connectivity index (χ4v) is 2.62. The molecule has 2 aromatic carbocycles. The third kappa shape index (κ3) is 2.20. The zero-order valence-corrected chi connectivity index (χ0v) is 11.5. The third-order valence-electron chi connectivity index (χ3n) is 3.22. The molecule has 3 heteroatoms. The number of halogens is 2. The first-order chi connectivity index (χ1) is 9.16. The van der Waals surface area contributed by atoms with Gasteiger partial charge in [-0.3, -0.25) is 4.79 Å². The fraction of sp³-hybridized carbons (Fsp3) is 0.0625. The number of hydrogen-bond donors (Lipinski definition) is 0.